The van der Waals surface area contributed by atoms with Gasteiger partial charge in [-0.1, -0.05) is 12.1 Å². The van der Waals surface area contributed by atoms with Crippen LogP contribution >= 0.6 is 11.3 Å². The number of carboxylic acids is 1. The fourth-order valence-electron chi connectivity index (χ4n) is 1.23. The van der Waals surface area contributed by atoms with Gasteiger partial charge >= 0.3 is 5.97 Å². The molecule has 0 spiro atoms. The van der Waals surface area contributed by atoms with Crippen molar-refractivity contribution < 1.29 is 9.90 Å². The Morgan fingerprint density at radius 1 is 1.38 bits per heavy atom. The number of thiazole rings is 1. The maximum absolute atomic E-state index is 10.7. The molecule has 0 amide bonds. The van der Waals surface area contributed by atoms with Gasteiger partial charge in [0.05, 0.1) is 5.56 Å². The second-order valence-electron chi connectivity index (χ2n) is 3.06. The smallest absolute Gasteiger partial charge is 0.335 e. The SMILES string of the molecule is C#Cc1csc(-c2ccc(C(=O)O)cc2)n1. The van der Waals surface area contributed by atoms with Crippen LogP contribution in [0.5, 0.6) is 0 Å². The Morgan fingerprint density at radius 2 is 2.06 bits per heavy atom. The highest BCUT2D eigenvalue weighted by molar-refractivity contribution is 7.13. The van der Waals surface area contributed by atoms with E-state index in [1.165, 1.54) is 11.3 Å². The lowest BCUT2D eigenvalue weighted by Gasteiger charge is -1.97. The van der Waals surface area contributed by atoms with E-state index < -0.39 is 5.97 Å². The Labute approximate surface area is 96.4 Å². The number of benzene rings is 1. The molecular formula is C12H7NO2S. The molecule has 0 atom stereocenters. The van der Waals surface area contributed by atoms with Crippen molar-refractivity contribution in [2.45, 2.75) is 0 Å². The third-order valence-electron chi connectivity index (χ3n) is 2.03. The van der Waals surface area contributed by atoms with Crippen LogP contribution in [0.2, 0.25) is 0 Å². The molecule has 0 aliphatic rings. The predicted molar refractivity (Wildman–Crippen MR) is 62.4 cm³/mol. The molecular weight excluding hydrogens is 222 g/mol. The third-order valence-corrected chi connectivity index (χ3v) is 2.92. The molecule has 1 heterocycles. The summed E-state index contributed by atoms with van der Waals surface area (Å²) < 4.78 is 0. The minimum absolute atomic E-state index is 0.262. The van der Waals surface area contributed by atoms with Crippen molar-refractivity contribution in [3.05, 3.63) is 40.9 Å². The number of carboxylic acid groups (broad SMARTS) is 1. The second kappa shape index (κ2) is 4.17. The molecule has 1 N–H and O–H groups in total. The van der Waals surface area contributed by atoms with Gasteiger partial charge in [-0.25, -0.2) is 9.78 Å². The van der Waals surface area contributed by atoms with Crippen molar-refractivity contribution in [2.75, 3.05) is 0 Å². The molecule has 0 aliphatic carbocycles. The van der Waals surface area contributed by atoms with Gasteiger partial charge in [0, 0.05) is 10.9 Å². The molecule has 4 heteroatoms. The van der Waals surface area contributed by atoms with Crippen LogP contribution in [-0.2, 0) is 0 Å². The van der Waals surface area contributed by atoms with Crippen LogP contribution in [0.25, 0.3) is 10.6 Å². The highest BCUT2D eigenvalue weighted by Gasteiger charge is 2.05. The summed E-state index contributed by atoms with van der Waals surface area (Å²) in [5.74, 6) is 1.52. The zero-order chi connectivity index (χ0) is 11.5. The van der Waals surface area contributed by atoms with Crippen LogP contribution in [0.3, 0.4) is 0 Å². The highest BCUT2D eigenvalue weighted by atomic mass is 32.1. The number of nitrogens with zero attached hydrogens (tertiary/aromatic N) is 1. The van der Waals surface area contributed by atoms with Crippen molar-refractivity contribution in [2.24, 2.45) is 0 Å². The van der Waals surface area contributed by atoms with E-state index in [2.05, 4.69) is 10.9 Å². The van der Waals surface area contributed by atoms with Crippen molar-refractivity contribution in [1.29, 1.82) is 0 Å². The summed E-state index contributed by atoms with van der Waals surface area (Å²) >= 11 is 1.44. The molecule has 0 bridgehead atoms. The Bertz CT molecular complexity index is 563. The van der Waals surface area contributed by atoms with Crippen LogP contribution in [-0.4, -0.2) is 16.1 Å². The third kappa shape index (κ3) is 1.95. The summed E-state index contributed by atoms with van der Waals surface area (Å²) in [5.41, 5.74) is 1.73. The van der Waals surface area contributed by atoms with E-state index in [9.17, 15) is 4.79 Å². The Kier molecular flexibility index (Phi) is 2.71. The number of hydrogen-bond acceptors (Lipinski definition) is 3. The van der Waals surface area contributed by atoms with E-state index in [4.69, 9.17) is 11.5 Å². The monoisotopic (exact) mass is 229 g/mol. The van der Waals surface area contributed by atoms with Crippen molar-refractivity contribution >= 4 is 17.3 Å². The molecule has 1 aromatic carbocycles. The van der Waals surface area contributed by atoms with Gasteiger partial charge in [0.1, 0.15) is 10.7 Å². The lowest BCUT2D eigenvalue weighted by molar-refractivity contribution is 0.0697. The van der Waals surface area contributed by atoms with Crippen molar-refractivity contribution in [3.63, 3.8) is 0 Å². The standard InChI is InChI=1S/C12H7NO2S/c1-2-10-7-16-11(13-10)8-3-5-9(6-4-8)12(14)15/h1,3-7H,(H,14,15). The average molecular weight is 229 g/mol. The topological polar surface area (TPSA) is 50.2 Å². The van der Waals surface area contributed by atoms with Crippen LogP contribution < -0.4 is 0 Å². The second-order valence-corrected chi connectivity index (χ2v) is 3.92. The quantitative estimate of drug-likeness (QED) is 0.805. The summed E-state index contributed by atoms with van der Waals surface area (Å²) in [4.78, 5) is 14.9. The minimum Gasteiger partial charge on any atom is -0.478 e. The van der Waals surface area contributed by atoms with E-state index in [0.717, 1.165) is 10.6 Å². The highest BCUT2D eigenvalue weighted by Crippen LogP contribution is 2.23. The van der Waals surface area contributed by atoms with Gasteiger partial charge in [-0.15, -0.1) is 17.8 Å². The molecule has 0 saturated carbocycles. The molecule has 0 radical (unpaired) electrons. The molecule has 1 aromatic heterocycles. The number of aromatic nitrogens is 1. The summed E-state index contributed by atoms with van der Waals surface area (Å²) in [6.45, 7) is 0. The van der Waals surface area contributed by atoms with E-state index in [-0.39, 0.29) is 5.56 Å². The first-order valence-electron chi connectivity index (χ1n) is 4.46. The first-order valence-corrected chi connectivity index (χ1v) is 5.34. The Morgan fingerprint density at radius 3 is 2.56 bits per heavy atom. The first kappa shape index (κ1) is 10.4. The molecule has 0 unspecified atom stereocenters. The number of aromatic carboxylic acids is 1. The summed E-state index contributed by atoms with van der Waals surface area (Å²) in [5, 5.41) is 11.3. The van der Waals surface area contributed by atoms with E-state index >= 15 is 0 Å². The van der Waals surface area contributed by atoms with Gasteiger partial charge in [-0.05, 0) is 18.1 Å². The maximum Gasteiger partial charge on any atom is 0.335 e. The number of terminal acetylenes is 1. The summed E-state index contributed by atoms with van der Waals surface area (Å²) in [7, 11) is 0. The average Bonchev–Trinajstić information content (AvgIpc) is 2.77. The Hall–Kier alpha value is -2.12. The number of rotatable bonds is 2. The number of carbonyl (C=O) groups is 1. The predicted octanol–water partition coefficient (Wildman–Crippen LogP) is 2.49. The van der Waals surface area contributed by atoms with E-state index in [0.29, 0.717) is 5.69 Å². The molecule has 0 fully saturated rings. The minimum atomic E-state index is -0.935. The van der Waals surface area contributed by atoms with Crippen LogP contribution in [0.15, 0.2) is 29.6 Å². The Balaban J connectivity index is 2.35. The molecule has 16 heavy (non-hydrogen) atoms. The zero-order valence-electron chi connectivity index (χ0n) is 8.18. The molecule has 78 valence electrons. The van der Waals surface area contributed by atoms with Gasteiger partial charge in [0.15, 0.2) is 0 Å². The lowest BCUT2D eigenvalue weighted by atomic mass is 10.1. The molecule has 3 nitrogen and oxygen atoms in total. The fourth-order valence-corrected chi connectivity index (χ4v) is 2.00. The molecule has 0 saturated heterocycles. The molecule has 2 aromatic rings. The van der Waals surface area contributed by atoms with Gasteiger partial charge in [0.25, 0.3) is 0 Å². The van der Waals surface area contributed by atoms with Crippen LogP contribution in [0, 0.1) is 12.3 Å². The first-order chi connectivity index (χ1) is 7.70. The number of hydrogen-bond donors (Lipinski definition) is 1. The zero-order valence-corrected chi connectivity index (χ0v) is 8.99. The van der Waals surface area contributed by atoms with Gasteiger partial charge in [-0.2, -0.15) is 0 Å². The fraction of sp³-hybridized carbons (Fsp3) is 0. The van der Waals surface area contributed by atoms with Crippen LogP contribution in [0.1, 0.15) is 16.1 Å². The summed E-state index contributed by atoms with van der Waals surface area (Å²) in [6.07, 6.45) is 5.22. The normalized spacial score (nSPS) is 9.69. The molecule has 2 rings (SSSR count). The van der Waals surface area contributed by atoms with Gasteiger partial charge in [-0.3, -0.25) is 0 Å². The van der Waals surface area contributed by atoms with Gasteiger partial charge < -0.3 is 5.11 Å². The summed E-state index contributed by atoms with van der Waals surface area (Å²) in [6, 6.07) is 6.55. The van der Waals surface area contributed by atoms with E-state index in [1.807, 2.05) is 0 Å². The van der Waals surface area contributed by atoms with E-state index in [1.54, 1.807) is 29.6 Å². The van der Waals surface area contributed by atoms with Crippen molar-refractivity contribution in [1.82, 2.24) is 4.98 Å². The van der Waals surface area contributed by atoms with Crippen LogP contribution in [0.4, 0.5) is 0 Å². The van der Waals surface area contributed by atoms with Crippen molar-refractivity contribution in [3.8, 4) is 22.9 Å². The largest absolute Gasteiger partial charge is 0.478 e. The maximum atomic E-state index is 10.7. The lowest BCUT2D eigenvalue weighted by Crippen LogP contribution is -1.94. The van der Waals surface area contributed by atoms with Gasteiger partial charge in [0.2, 0.25) is 0 Å². The molecule has 0 aliphatic heterocycles.